The predicted octanol–water partition coefficient (Wildman–Crippen LogP) is 5.14. The van der Waals surface area contributed by atoms with Gasteiger partial charge in [-0.3, -0.25) is 4.79 Å². The molecule has 1 N–H and O–H groups in total. The number of hydrogen-bond donors (Lipinski definition) is 1. The summed E-state index contributed by atoms with van der Waals surface area (Å²) in [5.74, 6) is -0.236. The Morgan fingerprint density at radius 2 is 1.65 bits per heavy atom. The fraction of sp³-hybridized carbons (Fsp3) is 0.0526. The first-order valence-electron chi connectivity index (χ1n) is 7.53. The van der Waals surface area contributed by atoms with Crippen LogP contribution in [0.3, 0.4) is 0 Å². The Labute approximate surface area is 146 Å². The minimum Gasteiger partial charge on any atom is -0.313 e. The molecular formula is C19H12F4N2O. The van der Waals surface area contributed by atoms with Gasteiger partial charge in [0.2, 0.25) is 6.41 Å². The molecule has 1 amide bonds. The summed E-state index contributed by atoms with van der Waals surface area (Å²) < 4.78 is 52.3. The molecule has 0 unspecified atom stereocenters. The van der Waals surface area contributed by atoms with Crippen LogP contribution < -0.4 is 5.32 Å². The minimum absolute atomic E-state index is 0.193. The highest BCUT2D eigenvalue weighted by Crippen LogP contribution is 2.36. The zero-order valence-corrected chi connectivity index (χ0v) is 13.2. The van der Waals surface area contributed by atoms with Gasteiger partial charge < -0.3 is 5.32 Å². The lowest BCUT2D eigenvalue weighted by molar-refractivity contribution is -0.137. The molecule has 0 aliphatic carbocycles. The van der Waals surface area contributed by atoms with Gasteiger partial charge in [0.25, 0.3) is 0 Å². The molecule has 1 aromatic heterocycles. The fourth-order valence-electron chi connectivity index (χ4n) is 2.53. The first-order valence-corrected chi connectivity index (χ1v) is 7.53. The van der Waals surface area contributed by atoms with E-state index in [1.165, 1.54) is 42.5 Å². The van der Waals surface area contributed by atoms with Crippen molar-refractivity contribution >= 4 is 12.2 Å². The van der Waals surface area contributed by atoms with Crippen LogP contribution in [0.4, 0.5) is 23.4 Å². The summed E-state index contributed by atoms with van der Waals surface area (Å²) in [6, 6.07) is 13.4. The minimum atomic E-state index is -4.50. The molecule has 7 heteroatoms. The fourth-order valence-corrected chi connectivity index (χ4v) is 2.53. The van der Waals surface area contributed by atoms with Gasteiger partial charge in [-0.05, 0) is 42.0 Å². The molecule has 3 aromatic rings. The van der Waals surface area contributed by atoms with E-state index in [-0.39, 0.29) is 17.1 Å². The molecule has 0 aliphatic rings. The van der Waals surface area contributed by atoms with E-state index in [9.17, 15) is 22.4 Å². The largest absolute Gasteiger partial charge is 0.416 e. The van der Waals surface area contributed by atoms with Crippen LogP contribution >= 0.6 is 0 Å². The molecule has 3 nitrogen and oxygen atoms in total. The SMILES string of the molecule is O=CNc1ccc(-c2ccc(F)cc2)c(-c2cccc(C(F)(F)F)c2)n1. The number of benzene rings is 2. The summed E-state index contributed by atoms with van der Waals surface area (Å²) in [7, 11) is 0. The highest BCUT2D eigenvalue weighted by Gasteiger charge is 2.30. The number of halogens is 4. The highest BCUT2D eigenvalue weighted by molar-refractivity contribution is 5.83. The summed E-state index contributed by atoms with van der Waals surface area (Å²) in [5.41, 5.74) is 0.767. The van der Waals surface area contributed by atoms with Gasteiger partial charge in [0, 0.05) is 11.1 Å². The number of hydrogen-bond acceptors (Lipinski definition) is 2. The standard InChI is InChI=1S/C19H12F4N2O/c20-15-6-4-12(5-7-15)16-8-9-17(24-11-26)25-18(16)13-2-1-3-14(10-13)19(21,22)23/h1-11H,(H,24,25,26). The molecule has 2 aromatic carbocycles. The number of carbonyl (C=O) groups is 1. The highest BCUT2D eigenvalue weighted by atomic mass is 19.4. The molecule has 0 spiro atoms. The second-order valence-corrected chi connectivity index (χ2v) is 5.44. The number of alkyl halides is 3. The molecule has 0 aliphatic heterocycles. The summed E-state index contributed by atoms with van der Waals surface area (Å²) in [5, 5.41) is 2.38. The molecular weight excluding hydrogens is 348 g/mol. The van der Waals surface area contributed by atoms with Crippen molar-refractivity contribution in [1.82, 2.24) is 4.98 Å². The number of anilines is 1. The van der Waals surface area contributed by atoms with Crippen molar-refractivity contribution in [2.75, 3.05) is 5.32 Å². The molecule has 0 radical (unpaired) electrons. The summed E-state index contributed by atoms with van der Waals surface area (Å²) in [4.78, 5) is 14.9. The van der Waals surface area contributed by atoms with Crippen LogP contribution in [0.5, 0.6) is 0 Å². The third-order valence-corrected chi connectivity index (χ3v) is 3.72. The van der Waals surface area contributed by atoms with E-state index in [0.717, 1.165) is 12.1 Å². The maximum Gasteiger partial charge on any atom is 0.416 e. The van der Waals surface area contributed by atoms with Crippen LogP contribution in [0.15, 0.2) is 60.7 Å². The monoisotopic (exact) mass is 360 g/mol. The molecule has 0 atom stereocenters. The molecule has 26 heavy (non-hydrogen) atoms. The Hall–Kier alpha value is -3.22. The van der Waals surface area contributed by atoms with E-state index in [0.29, 0.717) is 17.5 Å². The van der Waals surface area contributed by atoms with Gasteiger partial charge in [0.05, 0.1) is 11.3 Å². The Balaban J connectivity index is 2.19. The zero-order chi connectivity index (χ0) is 18.7. The number of rotatable bonds is 4. The lowest BCUT2D eigenvalue weighted by Crippen LogP contribution is -2.05. The molecule has 1 heterocycles. The van der Waals surface area contributed by atoms with Gasteiger partial charge in [-0.1, -0.05) is 24.3 Å². The average molecular weight is 360 g/mol. The number of pyridine rings is 1. The first kappa shape index (κ1) is 17.6. The van der Waals surface area contributed by atoms with Gasteiger partial charge in [0.1, 0.15) is 11.6 Å². The van der Waals surface area contributed by atoms with E-state index in [1.807, 2.05) is 0 Å². The number of carbonyl (C=O) groups excluding carboxylic acids is 1. The molecule has 132 valence electrons. The van der Waals surface area contributed by atoms with Crippen molar-refractivity contribution in [3.05, 3.63) is 72.0 Å². The van der Waals surface area contributed by atoms with Crippen molar-refractivity contribution < 1.29 is 22.4 Å². The van der Waals surface area contributed by atoms with Crippen LogP contribution in [-0.4, -0.2) is 11.4 Å². The van der Waals surface area contributed by atoms with Gasteiger partial charge in [0.15, 0.2) is 0 Å². The maximum atomic E-state index is 13.2. The van der Waals surface area contributed by atoms with E-state index < -0.39 is 17.6 Å². The first-order chi connectivity index (χ1) is 12.4. The van der Waals surface area contributed by atoms with E-state index in [2.05, 4.69) is 10.3 Å². The van der Waals surface area contributed by atoms with Gasteiger partial charge in [-0.25, -0.2) is 9.37 Å². The quantitative estimate of drug-likeness (QED) is 0.517. The molecule has 0 saturated heterocycles. The van der Waals surface area contributed by atoms with Crippen molar-refractivity contribution in [2.45, 2.75) is 6.18 Å². The van der Waals surface area contributed by atoms with E-state index >= 15 is 0 Å². The molecule has 3 rings (SSSR count). The summed E-state index contributed by atoms with van der Waals surface area (Å²) in [6.45, 7) is 0. The summed E-state index contributed by atoms with van der Waals surface area (Å²) >= 11 is 0. The van der Waals surface area contributed by atoms with E-state index in [1.54, 1.807) is 6.07 Å². The van der Waals surface area contributed by atoms with Gasteiger partial charge in [-0.2, -0.15) is 13.2 Å². The van der Waals surface area contributed by atoms with Crippen LogP contribution in [0.1, 0.15) is 5.56 Å². The zero-order valence-electron chi connectivity index (χ0n) is 13.2. The lowest BCUT2D eigenvalue weighted by Gasteiger charge is -2.13. The lowest BCUT2D eigenvalue weighted by atomic mass is 9.98. The van der Waals surface area contributed by atoms with Crippen molar-refractivity contribution in [1.29, 1.82) is 0 Å². The Morgan fingerprint density at radius 1 is 0.923 bits per heavy atom. The smallest absolute Gasteiger partial charge is 0.313 e. The molecule has 0 saturated carbocycles. The van der Waals surface area contributed by atoms with Gasteiger partial charge >= 0.3 is 6.18 Å². The third-order valence-electron chi connectivity index (χ3n) is 3.72. The second kappa shape index (κ2) is 6.95. The number of nitrogens with one attached hydrogen (secondary N) is 1. The molecule has 0 bridgehead atoms. The van der Waals surface area contributed by atoms with Crippen molar-refractivity contribution in [3.8, 4) is 22.4 Å². The average Bonchev–Trinajstić information content (AvgIpc) is 2.62. The summed E-state index contributed by atoms with van der Waals surface area (Å²) in [6.07, 6.45) is -4.07. The Bertz CT molecular complexity index is 937. The number of nitrogens with zero attached hydrogens (tertiary/aromatic N) is 1. The second-order valence-electron chi connectivity index (χ2n) is 5.44. The van der Waals surface area contributed by atoms with Crippen LogP contribution in [0.25, 0.3) is 22.4 Å². The maximum absolute atomic E-state index is 13.2. The number of aromatic nitrogens is 1. The predicted molar refractivity (Wildman–Crippen MR) is 89.8 cm³/mol. The van der Waals surface area contributed by atoms with Crippen molar-refractivity contribution in [3.63, 3.8) is 0 Å². The molecule has 0 fully saturated rings. The Morgan fingerprint density at radius 3 is 2.31 bits per heavy atom. The topological polar surface area (TPSA) is 42.0 Å². The van der Waals surface area contributed by atoms with Crippen molar-refractivity contribution in [2.24, 2.45) is 0 Å². The normalized spacial score (nSPS) is 11.2. The van der Waals surface area contributed by atoms with Crippen LogP contribution in [0, 0.1) is 5.82 Å². The van der Waals surface area contributed by atoms with Crippen LogP contribution in [0.2, 0.25) is 0 Å². The van der Waals surface area contributed by atoms with Gasteiger partial charge in [-0.15, -0.1) is 0 Å². The van der Waals surface area contributed by atoms with Crippen LogP contribution in [-0.2, 0) is 11.0 Å². The third kappa shape index (κ3) is 3.72. The number of amides is 1. The Kier molecular flexibility index (Phi) is 4.71. The van der Waals surface area contributed by atoms with E-state index in [4.69, 9.17) is 0 Å².